The number of hydrogen-bond donors (Lipinski definition) is 3. The molecule has 1 heterocycles. The number of likely N-dealkylation sites (N-methyl/N-ethyl adjacent to an activating group) is 1. The number of carbonyl (C=O) groups excluding carboxylic acids is 3. The lowest BCUT2D eigenvalue weighted by Crippen LogP contribution is -2.50. The van der Waals surface area contributed by atoms with Gasteiger partial charge in [0.1, 0.15) is 6.10 Å². The normalized spacial score (nSPS) is 19.6. The second-order valence-electron chi connectivity index (χ2n) is 10.9. The van der Waals surface area contributed by atoms with E-state index in [1.165, 1.54) is 0 Å². The first-order valence-electron chi connectivity index (χ1n) is 13.8. The van der Waals surface area contributed by atoms with Crippen LogP contribution in [0.1, 0.15) is 37.0 Å². The summed E-state index contributed by atoms with van der Waals surface area (Å²) in [5.74, 6) is -0.290. The molecule has 0 unspecified atom stereocenters. The fraction of sp³-hybridized carbons (Fsp3) is 0.387. The summed E-state index contributed by atoms with van der Waals surface area (Å²) < 4.78 is 6.51. The summed E-state index contributed by atoms with van der Waals surface area (Å²) in [5, 5.41) is 17.8. The largest absolute Gasteiger partial charge is 0.485 e. The summed E-state index contributed by atoms with van der Waals surface area (Å²) in [5.41, 5.74) is 1.46. The van der Waals surface area contributed by atoms with Gasteiger partial charge in [0.05, 0.1) is 36.1 Å². The van der Waals surface area contributed by atoms with Crippen molar-refractivity contribution in [1.82, 2.24) is 9.80 Å². The number of hydrogen-bond acceptors (Lipinski definition) is 5. The number of ether oxygens (including phenoxy) is 1. The highest BCUT2D eigenvalue weighted by atomic mass is 16.5. The molecule has 40 heavy (non-hydrogen) atoms. The number of carbonyl (C=O) groups is 3. The Bertz CT molecular complexity index is 1420. The molecular formula is C31H36N4O5. The van der Waals surface area contributed by atoms with Gasteiger partial charge < -0.3 is 30.3 Å². The number of aliphatic hydroxyl groups is 1. The van der Waals surface area contributed by atoms with E-state index in [2.05, 4.69) is 10.6 Å². The highest BCUT2D eigenvalue weighted by Gasteiger charge is 2.36. The number of urea groups is 1. The average molecular weight is 545 g/mol. The van der Waals surface area contributed by atoms with Crippen molar-refractivity contribution in [2.24, 2.45) is 11.8 Å². The first-order valence-corrected chi connectivity index (χ1v) is 13.8. The van der Waals surface area contributed by atoms with Crippen molar-refractivity contribution < 1.29 is 24.2 Å². The Kier molecular flexibility index (Phi) is 7.93. The SMILES string of the molecule is C[C@@H]1CN([C@@H](C)CO)C(=O)c2cccc(NC(=O)C3CC3)c2O[C@@H]1CN(C)C(=O)Nc1cccc2ccccc12. The molecule has 9 nitrogen and oxygen atoms in total. The van der Waals surface area contributed by atoms with Gasteiger partial charge in [-0.2, -0.15) is 0 Å². The Morgan fingerprint density at radius 1 is 1.05 bits per heavy atom. The van der Waals surface area contributed by atoms with E-state index in [4.69, 9.17) is 4.74 Å². The topological polar surface area (TPSA) is 111 Å². The third-order valence-corrected chi connectivity index (χ3v) is 7.73. The van der Waals surface area contributed by atoms with Gasteiger partial charge in [0.2, 0.25) is 5.91 Å². The number of nitrogens with zero attached hydrogens (tertiary/aromatic N) is 2. The van der Waals surface area contributed by atoms with Crippen molar-refractivity contribution in [3.63, 3.8) is 0 Å². The molecule has 210 valence electrons. The van der Waals surface area contributed by atoms with Crippen LogP contribution in [0.2, 0.25) is 0 Å². The molecule has 1 saturated carbocycles. The van der Waals surface area contributed by atoms with Crippen molar-refractivity contribution in [3.8, 4) is 5.75 Å². The van der Waals surface area contributed by atoms with Crippen LogP contribution in [0.5, 0.6) is 5.75 Å². The van der Waals surface area contributed by atoms with Crippen LogP contribution in [0, 0.1) is 11.8 Å². The molecule has 2 aliphatic rings. The van der Waals surface area contributed by atoms with E-state index >= 15 is 0 Å². The minimum Gasteiger partial charge on any atom is -0.485 e. The van der Waals surface area contributed by atoms with Crippen molar-refractivity contribution in [1.29, 1.82) is 0 Å². The number of anilines is 2. The molecule has 1 fully saturated rings. The number of nitrogens with one attached hydrogen (secondary N) is 2. The third-order valence-electron chi connectivity index (χ3n) is 7.73. The summed E-state index contributed by atoms with van der Waals surface area (Å²) in [6.07, 6.45) is 1.19. The molecule has 9 heteroatoms. The summed E-state index contributed by atoms with van der Waals surface area (Å²) >= 11 is 0. The Morgan fingerprint density at radius 2 is 1.75 bits per heavy atom. The number of aliphatic hydroxyl groups excluding tert-OH is 1. The maximum Gasteiger partial charge on any atom is 0.321 e. The van der Waals surface area contributed by atoms with Gasteiger partial charge in [-0.1, -0.05) is 49.4 Å². The molecule has 3 N–H and O–H groups in total. The Balaban J connectivity index is 1.42. The van der Waals surface area contributed by atoms with Crippen LogP contribution in [0.4, 0.5) is 16.2 Å². The van der Waals surface area contributed by atoms with Crippen LogP contribution in [-0.2, 0) is 4.79 Å². The fourth-order valence-electron chi connectivity index (χ4n) is 5.04. The molecule has 3 atom stereocenters. The second kappa shape index (κ2) is 11.6. The van der Waals surface area contributed by atoms with Crippen molar-refractivity contribution >= 4 is 40.0 Å². The predicted molar refractivity (Wildman–Crippen MR) is 155 cm³/mol. The van der Waals surface area contributed by atoms with Gasteiger partial charge in [-0.15, -0.1) is 0 Å². The van der Waals surface area contributed by atoms with E-state index in [9.17, 15) is 19.5 Å². The van der Waals surface area contributed by atoms with Gasteiger partial charge in [0.25, 0.3) is 5.91 Å². The molecule has 0 saturated heterocycles. The van der Waals surface area contributed by atoms with E-state index in [1.54, 1.807) is 42.0 Å². The first kappa shape index (κ1) is 27.5. The molecular weight excluding hydrogens is 508 g/mol. The molecule has 1 aliphatic carbocycles. The maximum absolute atomic E-state index is 13.6. The number of fused-ring (bicyclic) bond motifs is 2. The highest BCUT2D eigenvalue weighted by Crippen LogP contribution is 2.37. The molecule has 4 amide bonds. The van der Waals surface area contributed by atoms with Crippen molar-refractivity contribution in [3.05, 3.63) is 66.2 Å². The van der Waals surface area contributed by atoms with Gasteiger partial charge in [0, 0.05) is 30.8 Å². The summed E-state index contributed by atoms with van der Waals surface area (Å²) in [7, 11) is 1.70. The van der Waals surface area contributed by atoms with Crippen LogP contribution >= 0.6 is 0 Å². The van der Waals surface area contributed by atoms with Crippen LogP contribution in [0.15, 0.2) is 60.7 Å². The standard InChI is InChI=1S/C31H36N4O5/c1-19-16-35(20(2)18-36)30(38)24-11-7-13-26(32-29(37)22-14-15-22)28(24)40-27(19)17-34(3)31(39)33-25-12-6-9-21-8-4-5-10-23(21)25/h4-13,19-20,22,27,36H,14-18H2,1-3H3,(H,32,37)(H,33,39)/t19-,20+,27-/m1/s1. The van der Waals surface area contributed by atoms with Crippen LogP contribution in [0.3, 0.4) is 0 Å². The molecule has 0 radical (unpaired) electrons. The Hall–Kier alpha value is -4.11. The van der Waals surface area contributed by atoms with Gasteiger partial charge in [-0.3, -0.25) is 9.59 Å². The number of benzene rings is 3. The highest BCUT2D eigenvalue weighted by molar-refractivity contribution is 6.03. The van der Waals surface area contributed by atoms with E-state index in [-0.39, 0.29) is 48.6 Å². The molecule has 1 aliphatic heterocycles. The smallest absolute Gasteiger partial charge is 0.321 e. The van der Waals surface area contributed by atoms with Gasteiger partial charge in [0.15, 0.2) is 5.75 Å². The maximum atomic E-state index is 13.6. The lowest BCUT2D eigenvalue weighted by atomic mass is 9.99. The Morgan fingerprint density at radius 3 is 2.50 bits per heavy atom. The molecule has 3 aromatic carbocycles. The van der Waals surface area contributed by atoms with Crippen LogP contribution in [-0.4, -0.2) is 71.6 Å². The third kappa shape index (κ3) is 5.74. The zero-order valence-electron chi connectivity index (χ0n) is 23.1. The fourth-order valence-corrected chi connectivity index (χ4v) is 5.04. The first-order chi connectivity index (χ1) is 19.3. The number of rotatable bonds is 7. The molecule has 3 aromatic rings. The lowest BCUT2D eigenvalue weighted by molar-refractivity contribution is -0.117. The molecule has 0 aromatic heterocycles. The predicted octanol–water partition coefficient (Wildman–Crippen LogP) is 4.57. The molecule has 0 spiro atoms. The monoisotopic (exact) mass is 544 g/mol. The van der Waals surface area contributed by atoms with E-state index < -0.39 is 12.1 Å². The quantitative estimate of drug-likeness (QED) is 0.404. The average Bonchev–Trinajstić information content (AvgIpc) is 3.81. The van der Waals surface area contributed by atoms with Crippen LogP contribution < -0.4 is 15.4 Å². The van der Waals surface area contributed by atoms with Gasteiger partial charge in [-0.25, -0.2) is 4.79 Å². The number of para-hydroxylation sites is 1. The van der Waals surface area contributed by atoms with Crippen LogP contribution in [0.25, 0.3) is 10.8 Å². The Labute approximate surface area is 234 Å². The molecule has 5 rings (SSSR count). The molecule has 0 bridgehead atoms. The minimum atomic E-state index is -0.498. The van der Waals surface area contributed by atoms with Crippen molar-refractivity contribution in [2.75, 3.05) is 37.4 Å². The van der Waals surface area contributed by atoms with E-state index in [1.807, 2.05) is 49.4 Å². The van der Waals surface area contributed by atoms with Gasteiger partial charge >= 0.3 is 6.03 Å². The zero-order chi connectivity index (χ0) is 28.4. The number of amides is 4. The summed E-state index contributed by atoms with van der Waals surface area (Å²) in [6.45, 7) is 4.14. The second-order valence-corrected chi connectivity index (χ2v) is 10.9. The lowest BCUT2D eigenvalue weighted by Gasteiger charge is -2.38. The van der Waals surface area contributed by atoms with E-state index in [0.717, 1.165) is 23.6 Å². The summed E-state index contributed by atoms with van der Waals surface area (Å²) in [6, 6.07) is 18.0. The zero-order valence-corrected chi connectivity index (χ0v) is 23.1. The minimum absolute atomic E-state index is 0.0235. The summed E-state index contributed by atoms with van der Waals surface area (Å²) in [4.78, 5) is 42.8. The van der Waals surface area contributed by atoms with Gasteiger partial charge in [-0.05, 0) is 43.4 Å². The van der Waals surface area contributed by atoms with Crippen molar-refractivity contribution in [2.45, 2.75) is 38.8 Å². The van der Waals surface area contributed by atoms with E-state index in [0.29, 0.717) is 23.5 Å².